The maximum Gasteiger partial charge on any atom is 0.123 e. The molecule has 0 radical (unpaired) electrons. The zero-order valence-corrected chi connectivity index (χ0v) is 12.2. The molecule has 3 nitrogen and oxygen atoms in total. The minimum atomic E-state index is -0.214. The maximum atomic E-state index is 13.0. The van der Waals surface area contributed by atoms with Crippen molar-refractivity contribution in [3.63, 3.8) is 0 Å². The predicted molar refractivity (Wildman–Crippen MR) is 85.6 cm³/mol. The fraction of sp³-hybridized carbons (Fsp3) is 0.176. The van der Waals surface area contributed by atoms with E-state index in [2.05, 4.69) is 45.7 Å². The van der Waals surface area contributed by atoms with Crippen LogP contribution in [0, 0.1) is 5.82 Å². The molecule has 21 heavy (non-hydrogen) atoms. The number of hydrazine groups is 1. The number of nitrogens with one attached hydrogen (secondary N) is 1. The Bertz CT molecular complexity index is 645. The van der Waals surface area contributed by atoms with Crippen LogP contribution in [0.4, 0.5) is 15.8 Å². The van der Waals surface area contributed by atoms with Crippen LogP contribution in [0.3, 0.4) is 0 Å². The van der Waals surface area contributed by atoms with Crippen LogP contribution in [0.25, 0.3) is 5.70 Å². The summed E-state index contributed by atoms with van der Waals surface area (Å²) in [7, 11) is 4.05. The maximum absolute atomic E-state index is 13.0. The van der Waals surface area contributed by atoms with Crippen molar-refractivity contribution >= 4 is 17.1 Å². The van der Waals surface area contributed by atoms with Gasteiger partial charge in [0.1, 0.15) is 5.82 Å². The number of benzene rings is 2. The molecule has 4 heteroatoms. The number of hydrogen-bond acceptors (Lipinski definition) is 3. The average Bonchev–Trinajstić information content (AvgIpc) is 2.98. The minimum absolute atomic E-state index is 0.214. The smallest absolute Gasteiger partial charge is 0.123 e. The van der Waals surface area contributed by atoms with Crippen molar-refractivity contribution in [1.82, 2.24) is 5.43 Å². The van der Waals surface area contributed by atoms with Crippen molar-refractivity contribution in [2.24, 2.45) is 0 Å². The number of rotatable bonds is 3. The standard InChI is InChI=1S/C17H18FN3/c1-20(2)15-7-9-16(10-8-15)21-12-11-17(19-21)13-3-5-14(18)6-4-13/h3-11,19H,12H2,1-2H3. The predicted octanol–water partition coefficient (Wildman–Crippen LogP) is 3.26. The molecule has 0 atom stereocenters. The van der Waals surface area contributed by atoms with E-state index in [9.17, 15) is 4.39 Å². The van der Waals surface area contributed by atoms with Gasteiger partial charge in [0.15, 0.2) is 0 Å². The number of anilines is 2. The average molecular weight is 283 g/mol. The molecule has 0 bridgehead atoms. The molecule has 2 aromatic carbocycles. The van der Waals surface area contributed by atoms with E-state index in [1.807, 2.05) is 14.1 Å². The van der Waals surface area contributed by atoms with Crippen LogP contribution in [0.5, 0.6) is 0 Å². The summed E-state index contributed by atoms with van der Waals surface area (Å²) in [5.41, 5.74) is 7.62. The molecular formula is C17H18FN3. The molecule has 0 amide bonds. The normalized spacial score (nSPS) is 13.9. The third-order valence-electron chi connectivity index (χ3n) is 3.57. The Hall–Kier alpha value is -2.49. The van der Waals surface area contributed by atoms with Crippen LogP contribution in [-0.2, 0) is 0 Å². The largest absolute Gasteiger partial charge is 0.378 e. The number of halogens is 1. The highest BCUT2D eigenvalue weighted by Crippen LogP contribution is 2.24. The molecule has 3 rings (SSSR count). The first-order valence-electron chi connectivity index (χ1n) is 6.91. The molecule has 108 valence electrons. The van der Waals surface area contributed by atoms with Gasteiger partial charge < -0.3 is 4.90 Å². The molecular weight excluding hydrogens is 265 g/mol. The van der Waals surface area contributed by atoms with Crippen molar-refractivity contribution in [3.8, 4) is 0 Å². The molecule has 0 aromatic heterocycles. The number of hydrogen-bond donors (Lipinski definition) is 1. The third-order valence-corrected chi connectivity index (χ3v) is 3.57. The Morgan fingerprint density at radius 3 is 2.29 bits per heavy atom. The molecule has 1 aliphatic heterocycles. The van der Waals surface area contributed by atoms with E-state index in [4.69, 9.17) is 0 Å². The van der Waals surface area contributed by atoms with Crippen molar-refractivity contribution in [2.45, 2.75) is 0 Å². The summed E-state index contributed by atoms with van der Waals surface area (Å²) in [5, 5.41) is 2.07. The summed E-state index contributed by atoms with van der Waals surface area (Å²) < 4.78 is 13.0. The first-order chi connectivity index (χ1) is 10.1. The van der Waals surface area contributed by atoms with E-state index in [0.29, 0.717) is 0 Å². The lowest BCUT2D eigenvalue weighted by Gasteiger charge is -2.21. The van der Waals surface area contributed by atoms with Crippen LogP contribution < -0.4 is 15.3 Å². The monoisotopic (exact) mass is 283 g/mol. The molecule has 1 heterocycles. The summed E-state index contributed by atoms with van der Waals surface area (Å²) in [6.45, 7) is 0.786. The zero-order valence-electron chi connectivity index (χ0n) is 12.2. The van der Waals surface area contributed by atoms with Gasteiger partial charge in [-0.1, -0.05) is 0 Å². The first kappa shape index (κ1) is 13.5. The van der Waals surface area contributed by atoms with E-state index in [-0.39, 0.29) is 5.82 Å². The fourth-order valence-electron chi connectivity index (χ4n) is 2.33. The van der Waals surface area contributed by atoms with E-state index in [1.54, 1.807) is 12.1 Å². The third kappa shape index (κ3) is 2.84. The summed E-state index contributed by atoms with van der Waals surface area (Å²) >= 11 is 0. The zero-order chi connectivity index (χ0) is 14.8. The van der Waals surface area contributed by atoms with Crippen molar-refractivity contribution < 1.29 is 4.39 Å². The second-order valence-corrected chi connectivity index (χ2v) is 5.26. The Morgan fingerprint density at radius 1 is 1.00 bits per heavy atom. The Labute approximate surface area is 124 Å². The van der Waals surface area contributed by atoms with Gasteiger partial charge in [0, 0.05) is 19.8 Å². The molecule has 1 aliphatic rings. The Kier molecular flexibility index (Phi) is 3.52. The fourth-order valence-corrected chi connectivity index (χ4v) is 2.33. The lowest BCUT2D eigenvalue weighted by atomic mass is 10.1. The van der Waals surface area contributed by atoms with Gasteiger partial charge in [-0.3, -0.25) is 10.4 Å². The van der Waals surface area contributed by atoms with Gasteiger partial charge in [-0.25, -0.2) is 4.39 Å². The van der Waals surface area contributed by atoms with E-state index >= 15 is 0 Å². The first-order valence-corrected chi connectivity index (χ1v) is 6.91. The van der Waals surface area contributed by atoms with Gasteiger partial charge in [-0.2, -0.15) is 0 Å². The lowest BCUT2D eigenvalue weighted by molar-refractivity contribution is 0.627. The molecule has 2 aromatic rings. The van der Waals surface area contributed by atoms with Gasteiger partial charge in [0.05, 0.1) is 17.9 Å². The summed E-state index contributed by atoms with van der Waals surface area (Å²) in [4.78, 5) is 2.07. The highest BCUT2D eigenvalue weighted by Gasteiger charge is 2.15. The number of nitrogens with zero attached hydrogens (tertiary/aromatic N) is 2. The molecule has 1 N–H and O–H groups in total. The molecule has 0 aliphatic carbocycles. The van der Waals surface area contributed by atoms with Crippen LogP contribution in [0.2, 0.25) is 0 Å². The highest BCUT2D eigenvalue weighted by atomic mass is 19.1. The topological polar surface area (TPSA) is 18.5 Å². The second-order valence-electron chi connectivity index (χ2n) is 5.26. The Morgan fingerprint density at radius 2 is 1.67 bits per heavy atom. The summed E-state index contributed by atoms with van der Waals surface area (Å²) in [5.74, 6) is -0.214. The summed E-state index contributed by atoms with van der Waals surface area (Å²) in [6.07, 6.45) is 2.10. The molecule has 0 saturated heterocycles. The van der Waals surface area contributed by atoms with Crippen molar-refractivity contribution in [3.05, 3.63) is 66.0 Å². The van der Waals surface area contributed by atoms with E-state index < -0.39 is 0 Å². The van der Waals surface area contributed by atoms with Gasteiger partial charge >= 0.3 is 0 Å². The van der Waals surface area contributed by atoms with Gasteiger partial charge in [-0.05, 0) is 60.2 Å². The van der Waals surface area contributed by atoms with Crippen molar-refractivity contribution in [2.75, 3.05) is 30.5 Å². The summed E-state index contributed by atoms with van der Waals surface area (Å²) in [6, 6.07) is 14.9. The second kappa shape index (κ2) is 5.48. The van der Waals surface area contributed by atoms with Crippen LogP contribution in [-0.4, -0.2) is 20.6 Å². The van der Waals surface area contributed by atoms with Gasteiger partial charge in [0.25, 0.3) is 0 Å². The Balaban J connectivity index is 1.72. The van der Waals surface area contributed by atoms with E-state index in [0.717, 1.165) is 23.5 Å². The van der Waals surface area contributed by atoms with E-state index in [1.165, 1.54) is 17.8 Å². The molecule has 0 saturated carbocycles. The quantitative estimate of drug-likeness (QED) is 0.933. The van der Waals surface area contributed by atoms with Crippen molar-refractivity contribution in [1.29, 1.82) is 0 Å². The SMILES string of the molecule is CN(C)c1ccc(N2CC=C(c3ccc(F)cc3)N2)cc1. The minimum Gasteiger partial charge on any atom is -0.378 e. The van der Waals surface area contributed by atoms with Crippen LogP contribution in [0.1, 0.15) is 5.56 Å². The molecule has 0 spiro atoms. The van der Waals surface area contributed by atoms with Gasteiger partial charge in [0.2, 0.25) is 0 Å². The van der Waals surface area contributed by atoms with Gasteiger partial charge in [-0.15, -0.1) is 0 Å². The lowest BCUT2D eigenvalue weighted by Crippen LogP contribution is -2.31. The van der Waals surface area contributed by atoms with Crippen LogP contribution in [0.15, 0.2) is 54.6 Å². The highest BCUT2D eigenvalue weighted by molar-refractivity contribution is 5.70. The molecule has 0 fully saturated rings. The van der Waals surface area contributed by atoms with Crippen LogP contribution >= 0.6 is 0 Å². The molecule has 0 unspecified atom stereocenters.